The fraction of sp³-hybridized carbons (Fsp3) is 0.263. The highest BCUT2D eigenvalue weighted by atomic mass is 32.2. The standard InChI is InChI=1S/C19H18F2N2O4S2/c1-11-8-19(25)23-16-10-13(3-5-17(16)28-11)29(26,27)7-6-18(24)22-15-4-2-12(20)9-14(15)21/h2-5,9-11H,6-8H2,1H3,(H,22,24)(H,23,25)/t11-/m0/s1. The van der Waals surface area contributed by atoms with Gasteiger partial charge in [-0.1, -0.05) is 6.92 Å². The first-order valence-electron chi connectivity index (χ1n) is 8.72. The van der Waals surface area contributed by atoms with Gasteiger partial charge in [0.05, 0.1) is 22.0 Å². The molecule has 0 saturated carbocycles. The van der Waals surface area contributed by atoms with E-state index in [-0.39, 0.29) is 21.7 Å². The van der Waals surface area contributed by atoms with E-state index in [0.717, 1.165) is 17.0 Å². The van der Waals surface area contributed by atoms with Crippen LogP contribution in [0.4, 0.5) is 20.2 Å². The molecule has 0 fully saturated rings. The topological polar surface area (TPSA) is 92.3 Å². The summed E-state index contributed by atoms with van der Waals surface area (Å²) in [6.07, 6.45) is -0.0874. The molecule has 0 bridgehead atoms. The highest BCUT2D eigenvalue weighted by Gasteiger charge is 2.23. The molecule has 29 heavy (non-hydrogen) atoms. The Balaban J connectivity index is 1.69. The number of amides is 2. The summed E-state index contributed by atoms with van der Waals surface area (Å²) in [5.41, 5.74) is 0.191. The number of carbonyl (C=O) groups is 2. The molecule has 2 aromatic rings. The van der Waals surface area contributed by atoms with Crippen LogP contribution in [0.2, 0.25) is 0 Å². The van der Waals surface area contributed by atoms with Crippen molar-refractivity contribution in [3.05, 3.63) is 48.0 Å². The summed E-state index contributed by atoms with van der Waals surface area (Å²) < 4.78 is 51.7. The van der Waals surface area contributed by atoms with Crippen molar-refractivity contribution in [1.82, 2.24) is 0 Å². The quantitative estimate of drug-likeness (QED) is 0.741. The van der Waals surface area contributed by atoms with Crippen molar-refractivity contribution >= 4 is 44.8 Å². The molecule has 0 spiro atoms. The molecule has 2 N–H and O–H groups in total. The fourth-order valence-electron chi connectivity index (χ4n) is 2.77. The number of nitrogens with one attached hydrogen (secondary N) is 2. The summed E-state index contributed by atoms with van der Waals surface area (Å²) in [7, 11) is -3.82. The molecular formula is C19H18F2N2O4S2. The Kier molecular flexibility index (Phi) is 6.23. The summed E-state index contributed by atoms with van der Waals surface area (Å²) in [5, 5.41) is 4.99. The highest BCUT2D eigenvalue weighted by Crippen LogP contribution is 2.36. The summed E-state index contributed by atoms with van der Waals surface area (Å²) in [5.74, 6) is -3.15. The van der Waals surface area contributed by atoms with E-state index in [4.69, 9.17) is 0 Å². The monoisotopic (exact) mass is 440 g/mol. The molecule has 10 heteroatoms. The molecule has 3 rings (SSSR count). The molecule has 1 aliphatic heterocycles. The summed E-state index contributed by atoms with van der Waals surface area (Å²) in [6, 6.07) is 7.11. The lowest BCUT2D eigenvalue weighted by Gasteiger charge is -2.11. The van der Waals surface area contributed by atoms with Crippen LogP contribution in [-0.4, -0.2) is 31.2 Å². The second kappa shape index (κ2) is 8.50. The van der Waals surface area contributed by atoms with E-state index in [9.17, 15) is 26.8 Å². The average molecular weight is 440 g/mol. The predicted molar refractivity (Wildman–Crippen MR) is 107 cm³/mol. The maximum absolute atomic E-state index is 13.6. The molecule has 6 nitrogen and oxygen atoms in total. The molecule has 1 heterocycles. The number of benzene rings is 2. The van der Waals surface area contributed by atoms with Gasteiger partial charge in [0, 0.05) is 29.1 Å². The molecular weight excluding hydrogens is 422 g/mol. The van der Waals surface area contributed by atoms with Crippen LogP contribution in [0.25, 0.3) is 0 Å². The van der Waals surface area contributed by atoms with Crippen molar-refractivity contribution in [3.8, 4) is 0 Å². The molecule has 2 amide bonds. The summed E-state index contributed by atoms with van der Waals surface area (Å²) in [4.78, 5) is 24.6. The number of anilines is 2. The molecule has 0 saturated heterocycles. The predicted octanol–water partition coefficient (Wildman–Crippen LogP) is 3.59. The Morgan fingerprint density at radius 3 is 2.72 bits per heavy atom. The molecule has 1 atom stereocenters. The van der Waals surface area contributed by atoms with Crippen LogP contribution in [0.3, 0.4) is 0 Å². The Labute approximate surface area is 171 Å². The third-order valence-electron chi connectivity index (χ3n) is 4.19. The molecule has 2 aromatic carbocycles. The van der Waals surface area contributed by atoms with Crippen LogP contribution in [0.15, 0.2) is 46.2 Å². The van der Waals surface area contributed by atoms with Gasteiger partial charge in [-0.25, -0.2) is 17.2 Å². The van der Waals surface area contributed by atoms with E-state index in [0.29, 0.717) is 18.2 Å². The third-order valence-corrected chi connectivity index (χ3v) is 7.08. The third kappa shape index (κ3) is 5.33. The number of fused-ring (bicyclic) bond motifs is 1. The summed E-state index contributed by atoms with van der Waals surface area (Å²) >= 11 is 1.47. The SMILES string of the molecule is C[C@H]1CC(=O)Nc2cc(S(=O)(=O)CCC(=O)Nc3ccc(F)cc3F)ccc2S1. The smallest absolute Gasteiger partial charge is 0.225 e. The maximum Gasteiger partial charge on any atom is 0.225 e. The number of hydrogen-bond acceptors (Lipinski definition) is 5. The Morgan fingerprint density at radius 2 is 2.00 bits per heavy atom. The molecule has 1 aliphatic rings. The normalized spacial score (nSPS) is 16.5. The van der Waals surface area contributed by atoms with Gasteiger partial charge in [0.15, 0.2) is 9.84 Å². The maximum atomic E-state index is 13.6. The van der Waals surface area contributed by atoms with E-state index in [1.54, 1.807) is 6.07 Å². The fourth-order valence-corrected chi connectivity index (χ4v) is 5.09. The van der Waals surface area contributed by atoms with Crippen molar-refractivity contribution < 1.29 is 26.8 Å². The Bertz CT molecular complexity index is 1070. The van der Waals surface area contributed by atoms with Gasteiger partial charge in [0.25, 0.3) is 0 Å². The van der Waals surface area contributed by atoms with Crippen LogP contribution >= 0.6 is 11.8 Å². The van der Waals surface area contributed by atoms with Crippen LogP contribution < -0.4 is 10.6 Å². The Hall–Kier alpha value is -2.46. The lowest BCUT2D eigenvalue weighted by atomic mass is 10.3. The van der Waals surface area contributed by atoms with E-state index in [2.05, 4.69) is 10.6 Å². The second-order valence-electron chi connectivity index (χ2n) is 6.58. The minimum atomic E-state index is -3.82. The molecule has 154 valence electrons. The Morgan fingerprint density at radius 1 is 1.24 bits per heavy atom. The zero-order chi connectivity index (χ0) is 21.2. The highest BCUT2D eigenvalue weighted by molar-refractivity contribution is 8.00. The van der Waals surface area contributed by atoms with Gasteiger partial charge in [0.1, 0.15) is 11.6 Å². The van der Waals surface area contributed by atoms with E-state index in [1.807, 2.05) is 6.92 Å². The number of sulfone groups is 1. The van der Waals surface area contributed by atoms with Gasteiger partial charge < -0.3 is 10.6 Å². The number of halogens is 2. The van der Waals surface area contributed by atoms with Crippen molar-refractivity contribution in [1.29, 1.82) is 0 Å². The number of rotatable bonds is 5. The van der Waals surface area contributed by atoms with Crippen LogP contribution in [0.5, 0.6) is 0 Å². The zero-order valence-electron chi connectivity index (χ0n) is 15.4. The van der Waals surface area contributed by atoms with Gasteiger partial charge in [0.2, 0.25) is 11.8 Å². The van der Waals surface area contributed by atoms with Crippen molar-refractivity contribution in [2.24, 2.45) is 0 Å². The molecule has 0 aliphatic carbocycles. The minimum absolute atomic E-state index is 0.0209. The second-order valence-corrected chi connectivity index (χ2v) is 10.2. The zero-order valence-corrected chi connectivity index (χ0v) is 17.0. The van der Waals surface area contributed by atoms with Crippen LogP contribution in [0, 0.1) is 11.6 Å². The van der Waals surface area contributed by atoms with Crippen molar-refractivity contribution in [2.75, 3.05) is 16.4 Å². The largest absolute Gasteiger partial charge is 0.325 e. The van der Waals surface area contributed by atoms with Gasteiger partial charge in [-0.2, -0.15) is 0 Å². The van der Waals surface area contributed by atoms with Gasteiger partial charge in [-0.15, -0.1) is 11.8 Å². The van der Waals surface area contributed by atoms with Crippen LogP contribution in [0.1, 0.15) is 19.8 Å². The number of carbonyl (C=O) groups excluding carboxylic acids is 2. The summed E-state index contributed by atoms with van der Waals surface area (Å²) in [6.45, 7) is 1.91. The first-order chi connectivity index (χ1) is 13.6. The van der Waals surface area contributed by atoms with Gasteiger partial charge in [-0.3, -0.25) is 9.59 Å². The van der Waals surface area contributed by atoms with E-state index < -0.39 is 39.6 Å². The van der Waals surface area contributed by atoms with E-state index >= 15 is 0 Å². The molecule has 0 unspecified atom stereocenters. The van der Waals surface area contributed by atoms with E-state index in [1.165, 1.54) is 23.9 Å². The lowest BCUT2D eigenvalue weighted by molar-refractivity contribution is -0.116. The number of thioether (sulfide) groups is 1. The van der Waals surface area contributed by atoms with Gasteiger partial charge >= 0.3 is 0 Å². The average Bonchev–Trinajstić information content (AvgIpc) is 2.78. The van der Waals surface area contributed by atoms with Crippen molar-refractivity contribution in [2.45, 2.75) is 34.8 Å². The van der Waals surface area contributed by atoms with Gasteiger partial charge in [-0.05, 0) is 30.3 Å². The van der Waals surface area contributed by atoms with Crippen LogP contribution in [-0.2, 0) is 19.4 Å². The van der Waals surface area contributed by atoms with Crippen molar-refractivity contribution in [3.63, 3.8) is 0 Å². The lowest BCUT2D eigenvalue weighted by Crippen LogP contribution is -2.18. The first-order valence-corrected chi connectivity index (χ1v) is 11.3. The minimum Gasteiger partial charge on any atom is -0.325 e. The molecule has 0 radical (unpaired) electrons. The number of hydrogen-bond donors (Lipinski definition) is 2. The first kappa shape index (κ1) is 21.3. The molecule has 0 aromatic heterocycles.